The van der Waals surface area contributed by atoms with Gasteiger partial charge in [0.1, 0.15) is 11.5 Å². The Morgan fingerprint density at radius 2 is 2.11 bits per heavy atom. The van der Waals surface area contributed by atoms with E-state index >= 15 is 0 Å². The first kappa shape index (κ1) is 12.0. The number of ether oxygens (including phenoxy) is 2. The van der Waals surface area contributed by atoms with Crippen LogP contribution in [-0.2, 0) is 14.9 Å². The quantitative estimate of drug-likeness (QED) is 0.725. The lowest BCUT2D eigenvalue weighted by atomic mass is 9.68. The summed E-state index contributed by atoms with van der Waals surface area (Å²) in [4.78, 5) is 12.1. The second kappa shape index (κ2) is 3.98. The summed E-state index contributed by atoms with van der Waals surface area (Å²) in [5.41, 5.74) is 1.63. The SMILES string of the molecule is COC(=O)[C@@H]1C=CC(C)=C2Oc3ccccc3[C@@]21C. The lowest BCUT2D eigenvalue weighted by Gasteiger charge is -2.33. The van der Waals surface area contributed by atoms with Crippen molar-refractivity contribution in [2.45, 2.75) is 19.3 Å². The fourth-order valence-corrected chi connectivity index (χ4v) is 3.07. The second-order valence-electron chi connectivity index (χ2n) is 5.17. The molecule has 1 aromatic rings. The van der Waals surface area contributed by atoms with Crippen molar-refractivity contribution in [3.8, 4) is 5.75 Å². The van der Waals surface area contributed by atoms with Crippen LogP contribution in [0.5, 0.6) is 5.75 Å². The second-order valence-corrected chi connectivity index (χ2v) is 5.17. The summed E-state index contributed by atoms with van der Waals surface area (Å²) in [5.74, 6) is 1.10. The molecule has 2 aliphatic rings. The van der Waals surface area contributed by atoms with Gasteiger partial charge in [-0.05, 0) is 25.5 Å². The van der Waals surface area contributed by atoms with Gasteiger partial charge in [-0.2, -0.15) is 0 Å². The molecule has 3 nitrogen and oxygen atoms in total. The first-order valence-corrected chi connectivity index (χ1v) is 6.33. The highest BCUT2D eigenvalue weighted by Crippen LogP contribution is 2.53. The number of benzene rings is 1. The number of para-hydroxylation sites is 1. The van der Waals surface area contributed by atoms with Crippen LogP contribution in [-0.4, -0.2) is 13.1 Å². The number of carbonyl (C=O) groups is 1. The van der Waals surface area contributed by atoms with Crippen LogP contribution >= 0.6 is 0 Å². The van der Waals surface area contributed by atoms with E-state index in [4.69, 9.17) is 9.47 Å². The average Bonchev–Trinajstić information content (AvgIpc) is 2.74. The van der Waals surface area contributed by atoms with Crippen molar-refractivity contribution >= 4 is 5.97 Å². The Bertz CT molecular complexity index is 612. The van der Waals surface area contributed by atoms with Gasteiger partial charge in [0.25, 0.3) is 0 Å². The molecule has 1 aliphatic carbocycles. The normalized spacial score (nSPS) is 27.6. The Hall–Kier alpha value is -2.03. The van der Waals surface area contributed by atoms with E-state index in [1.54, 1.807) is 0 Å². The minimum Gasteiger partial charge on any atom is -0.469 e. The molecular formula is C16H16O3. The zero-order valence-electron chi connectivity index (χ0n) is 11.3. The fraction of sp³-hybridized carbons (Fsp3) is 0.312. The van der Waals surface area contributed by atoms with E-state index in [9.17, 15) is 4.79 Å². The summed E-state index contributed by atoms with van der Waals surface area (Å²) >= 11 is 0. The van der Waals surface area contributed by atoms with Gasteiger partial charge in [-0.3, -0.25) is 4.79 Å². The van der Waals surface area contributed by atoms with Crippen molar-refractivity contribution in [3.05, 3.63) is 53.3 Å². The highest BCUT2D eigenvalue weighted by molar-refractivity contribution is 5.80. The van der Waals surface area contributed by atoms with Gasteiger partial charge in [0.15, 0.2) is 0 Å². The molecule has 2 atom stereocenters. The van der Waals surface area contributed by atoms with E-state index in [0.717, 1.165) is 22.6 Å². The Labute approximate surface area is 112 Å². The predicted molar refractivity (Wildman–Crippen MR) is 71.8 cm³/mol. The van der Waals surface area contributed by atoms with Gasteiger partial charge < -0.3 is 9.47 Å². The molecule has 0 saturated carbocycles. The Balaban J connectivity index is 2.22. The summed E-state index contributed by atoms with van der Waals surface area (Å²) in [5, 5.41) is 0. The van der Waals surface area contributed by atoms with Crippen molar-refractivity contribution in [3.63, 3.8) is 0 Å². The first-order valence-electron chi connectivity index (χ1n) is 6.33. The maximum Gasteiger partial charge on any atom is 0.313 e. The molecule has 3 rings (SSSR count). The highest BCUT2D eigenvalue weighted by Gasteiger charge is 2.51. The molecule has 0 bridgehead atoms. The van der Waals surface area contributed by atoms with Crippen LogP contribution in [0.4, 0.5) is 0 Å². The zero-order chi connectivity index (χ0) is 13.6. The number of allylic oxidation sites excluding steroid dienone is 3. The molecule has 0 N–H and O–H groups in total. The topological polar surface area (TPSA) is 35.5 Å². The van der Waals surface area contributed by atoms with Crippen molar-refractivity contribution in [1.29, 1.82) is 0 Å². The molecule has 1 aliphatic heterocycles. The molecule has 98 valence electrons. The van der Waals surface area contributed by atoms with Crippen LogP contribution in [0.2, 0.25) is 0 Å². The van der Waals surface area contributed by atoms with Crippen molar-refractivity contribution < 1.29 is 14.3 Å². The first-order chi connectivity index (χ1) is 9.09. The number of carbonyl (C=O) groups excluding carboxylic acids is 1. The molecule has 19 heavy (non-hydrogen) atoms. The van der Waals surface area contributed by atoms with Crippen LogP contribution in [0.15, 0.2) is 47.7 Å². The van der Waals surface area contributed by atoms with Crippen molar-refractivity contribution in [1.82, 2.24) is 0 Å². The van der Waals surface area contributed by atoms with Gasteiger partial charge in [0.2, 0.25) is 0 Å². The molecule has 0 radical (unpaired) electrons. The van der Waals surface area contributed by atoms with E-state index < -0.39 is 5.41 Å². The van der Waals surface area contributed by atoms with Crippen molar-refractivity contribution in [2.24, 2.45) is 5.92 Å². The number of hydrogen-bond acceptors (Lipinski definition) is 3. The lowest BCUT2D eigenvalue weighted by molar-refractivity contribution is -0.145. The van der Waals surface area contributed by atoms with E-state index in [0.29, 0.717) is 0 Å². The number of fused-ring (bicyclic) bond motifs is 3. The Morgan fingerprint density at radius 1 is 1.37 bits per heavy atom. The maximum absolute atomic E-state index is 12.1. The molecule has 0 saturated heterocycles. The summed E-state index contributed by atoms with van der Waals surface area (Å²) in [6.45, 7) is 4.05. The average molecular weight is 256 g/mol. The van der Waals surface area contributed by atoms with E-state index in [1.807, 2.05) is 50.3 Å². The summed E-state index contributed by atoms with van der Waals surface area (Å²) < 4.78 is 10.9. The number of methoxy groups -OCH3 is 1. The minimum absolute atomic E-state index is 0.232. The van der Waals surface area contributed by atoms with Crippen LogP contribution in [0.3, 0.4) is 0 Å². The molecule has 0 aromatic heterocycles. The fourth-order valence-electron chi connectivity index (χ4n) is 3.07. The van der Waals surface area contributed by atoms with Gasteiger partial charge in [-0.1, -0.05) is 30.4 Å². The highest BCUT2D eigenvalue weighted by atomic mass is 16.5. The van der Waals surface area contributed by atoms with Crippen molar-refractivity contribution in [2.75, 3.05) is 7.11 Å². The van der Waals surface area contributed by atoms with Crippen LogP contribution < -0.4 is 4.74 Å². The monoisotopic (exact) mass is 256 g/mol. The zero-order valence-corrected chi connectivity index (χ0v) is 11.3. The molecule has 0 fully saturated rings. The van der Waals surface area contributed by atoms with E-state index in [1.165, 1.54) is 7.11 Å². The molecule has 0 unspecified atom stereocenters. The lowest BCUT2D eigenvalue weighted by Crippen LogP contribution is -2.39. The van der Waals surface area contributed by atoms with Crippen LogP contribution in [0.1, 0.15) is 19.4 Å². The number of hydrogen-bond donors (Lipinski definition) is 0. The summed E-state index contributed by atoms with van der Waals surface area (Å²) in [6.07, 6.45) is 3.85. The molecule has 3 heteroatoms. The van der Waals surface area contributed by atoms with Gasteiger partial charge in [0.05, 0.1) is 18.4 Å². The minimum atomic E-state index is -0.470. The smallest absolute Gasteiger partial charge is 0.313 e. The Kier molecular flexibility index (Phi) is 2.52. The predicted octanol–water partition coefficient (Wildman–Crippen LogP) is 2.97. The standard InChI is InChI=1S/C16H16O3/c1-10-8-9-12(15(17)18-3)16(2)11-6-4-5-7-13(11)19-14(10)16/h4-9,12H,1-3H3/t12-,16+/m0/s1. The molecular weight excluding hydrogens is 240 g/mol. The Morgan fingerprint density at radius 3 is 2.84 bits per heavy atom. The van der Waals surface area contributed by atoms with Gasteiger partial charge >= 0.3 is 5.97 Å². The van der Waals surface area contributed by atoms with E-state index in [-0.39, 0.29) is 11.9 Å². The van der Waals surface area contributed by atoms with Crippen LogP contribution in [0, 0.1) is 5.92 Å². The third kappa shape index (κ3) is 1.47. The molecule has 1 heterocycles. The van der Waals surface area contributed by atoms with Gasteiger partial charge in [0, 0.05) is 5.56 Å². The third-order valence-electron chi connectivity index (χ3n) is 4.10. The van der Waals surface area contributed by atoms with E-state index in [2.05, 4.69) is 0 Å². The number of esters is 1. The van der Waals surface area contributed by atoms with Gasteiger partial charge in [-0.15, -0.1) is 0 Å². The largest absolute Gasteiger partial charge is 0.469 e. The number of rotatable bonds is 1. The maximum atomic E-state index is 12.1. The summed E-state index contributed by atoms with van der Waals surface area (Å²) in [6, 6.07) is 7.87. The molecule has 1 aromatic carbocycles. The molecule has 0 spiro atoms. The summed E-state index contributed by atoms with van der Waals surface area (Å²) in [7, 11) is 1.42. The third-order valence-corrected chi connectivity index (χ3v) is 4.10. The van der Waals surface area contributed by atoms with Gasteiger partial charge in [-0.25, -0.2) is 0 Å². The van der Waals surface area contributed by atoms with Crippen LogP contribution in [0.25, 0.3) is 0 Å². The molecule has 0 amide bonds.